The first-order valence-electron chi connectivity index (χ1n) is 9.19. The molecule has 0 aromatic heterocycles. The molecule has 3 rings (SSSR count). The number of anilines is 2. The van der Waals surface area contributed by atoms with Gasteiger partial charge in [0.2, 0.25) is 0 Å². The van der Waals surface area contributed by atoms with Crippen LogP contribution in [0.25, 0.3) is 0 Å². The number of hydrogen-bond acceptors (Lipinski definition) is 4. The van der Waals surface area contributed by atoms with Gasteiger partial charge in [0, 0.05) is 6.07 Å². The molecule has 0 radical (unpaired) electrons. The van der Waals surface area contributed by atoms with Crippen LogP contribution < -0.4 is 13.8 Å². The van der Waals surface area contributed by atoms with Crippen LogP contribution >= 0.6 is 0 Å². The quantitative estimate of drug-likeness (QED) is 0.562. The molecule has 0 atom stereocenters. The third-order valence-electron chi connectivity index (χ3n) is 4.75. The van der Waals surface area contributed by atoms with E-state index in [1.54, 1.807) is 49.6 Å². The molecule has 0 saturated carbocycles. The van der Waals surface area contributed by atoms with Crippen molar-refractivity contribution in [1.29, 1.82) is 0 Å². The zero-order chi connectivity index (χ0) is 21.2. The molecule has 0 N–H and O–H groups in total. The van der Waals surface area contributed by atoms with Gasteiger partial charge in [-0.1, -0.05) is 29.8 Å². The van der Waals surface area contributed by atoms with Gasteiger partial charge in [0.1, 0.15) is 11.5 Å². The van der Waals surface area contributed by atoms with Crippen molar-refractivity contribution < 1.29 is 17.9 Å². The number of rotatable bonds is 6. The molecule has 0 unspecified atom stereocenters. The zero-order valence-electron chi connectivity index (χ0n) is 17.3. The van der Waals surface area contributed by atoms with Gasteiger partial charge in [0.15, 0.2) is 0 Å². The summed E-state index contributed by atoms with van der Waals surface area (Å²) in [5.74, 6) is 0.986. The van der Waals surface area contributed by atoms with Crippen LogP contribution in [-0.4, -0.2) is 22.6 Å². The molecule has 0 saturated heterocycles. The third-order valence-corrected chi connectivity index (χ3v) is 6.49. The number of hydrogen-bond donors (Lipinski definition) is 0. The fraction of sp³-hybridized carbons (Fsp3) is 0.217. The molecule has 152 valence electrons. The van der Waals surface area contributed by atoms with E-state index >= 15 is 0 Å². The van der Waals surface area contributed by atoms with Crippen LogP contribution in [0.2, 0.25) is 0 Å². The Hall–Kier alpha value is -2.99. The van der Waals surface area contributed by atoms with E-state index in [0.29, 0.717) is 22.9 Å². The molecule has 5 nitrogen and oxygen atoms in total. The molecule has 0 aliphatic carbocycles. The van der Waals surface area contributed by atoms with Crippen molar-refractivity contribution in [1.82, 2.24) is 0 Å². The van der Waals surface area contributed by atoms with Gasteiger partial charge in [-0.2, -0.15) is 0 Å². The van der Waals surface area contributed by atoms with Crippen LogP contribution in [0, 0.1) is 20.8 Å². The van der Waals surface area contributed by atoms with E-state index in [2.05, 4.69) is 0 Å². The molecule has 0 fully saturated rings. The molecule has 29 heavy (non-hydrogen) atoms. The molecule has 0 bridgehead atoms. The molecule has 0 aliphatic rings. The van der Waals surface area contributed by atoms with E-state index in [9.17, 15) is 8.42 Å². The SMILES string of the molecule is COc1ccc(N(c2cc(C)ccc2C)S(=O)(=O)c2ccc(C)cc2)c(OC)c1. The maximum Gasteiger partial charge on any atom is 0.268 e. The lowest BCUT2D eigenvalue weighted by Gasteiger charge is -2.28. The molecular formula is C23H25NO4S. The summed E-state index contributed by atoms with van der Waals surface area (Å²) in [5.41, 5.74) is 3.78. The highest BCUT2D eigenvalue weighted by atomic mass is 32.2. The summed E-state index contributed by atoms with van der Waals surface area (Å²) in [7, 11) is -0.835. The van der Waals surface area contributed by atoms with E-state index in [4.69, 9.17) is 9.47 Å². The van der Waals surface area contributed by atoms with Gasteiger partial charge in [0.05, 0.1) is 30.5 Å². The second-order valence-corrected chi connectivity index (χ2v) is 8.70. The smallest absolute Gasteiger partial charge is 0.268 e. The minimum absolute atomic E-state index is 0.210. The number of aryl methyl sites for hydroxylation is 3. The summed E-state index contributed by atoms with van der Waals surface area (Å²) < 4.78 is 39.7. The Morgan fingerprint density at radius 2 is 1.38 bits per heavy atom. The Balaban J connectivity index is 2.31. The fourth-order valence-corrected chi connectivity index (χ4v) is 4.65. The Kier molecular flexibility index (Phi) is 5.84. The van der Waals surface area contributed by atoms with Gasteiger partial charge in [-0.05, 0) is 62.2 Å². The molecule has 0 aliphatic heterocycles. The van der Waals surface area contributed by atoms with Crippen molar-refractivity contribution in [3.8, 4) is 11.5 Å². The van der Waals surface area contributed by atoms with Crippen LogP contribution in [-0.2, 0) is 10.0 Å². The molecule has 3 aromatic carbocycles. The van der Waals surface area contributed by atoms with Crippen molar-refractivity contribution >= 4 is 21.4 Å². The van der Waals surface area contributed by atoms with Crippen molar-refractivity contribution in [3.63, 3.8) is 0 Å². The first kappa shape index (κ1) is 20.7. The lowest BCUT2D eigenvalue weighted by Crippen LogP contribution is -2.27. The van der Waals surface area contributed by atoms with Gasteiger partial charge in [-0.25, -0.2) is 12.7 Å². The lowest BCUT2D eigenvalue weighted by atomic mass is 10.1. The van der Waals surface area contributed by atoms with Gasteiger partial charge < -0.3 is 9.47 Å². The standard InChI is InChI=1S/C23H25NO4S/c1-16-7-11-20(12-8-16)29(25,26)24(22-14-17(2)6-9-18(22)3)21-13-10-19(27-4)15-23(21)28-5/h6-15H,1-5H3. The summed E-state index contributed by atoms with van der Waals surface area (Å²) in [5, 5.41) is 0. The molecule has 0 spiro atoms. The van der Waals surface area contributed by atoms with Crippen molar-refractivity contribution in [2.75, 3.05) is 18.5 Å². The number of nitrogens with zero attached hydrogens (tertiary/aromatic N) is 1. The molecule has 6 heteroatoms. The molecule has 3 aromatic rings. The van der Waals surface area contributed by atoms with E-state index < -0.39 is 10.0 Å². The molecule has 0 heterocycles. The highest BCUT2D eigenvalue weighted by Gasteiger charge is 2.30. The van der Waals surface area contributed by atoms with E-state index in [1.165, 1.54) is 11.4 Å². The van der Waals surface area contributed by atoms with E-state index in [1.807, 2.05) is 39.0 Å². The number of benzene rings is 3. The van der Waals surface area contributed by atoms with Crippen LogP contribution in [0.4, 0.5) is 11.4 Å². The maximum atomic E-state index is 13.8. The van der Waals surface area contributed by atoms with Crippen LogP contribution in [0.3, 0.4) is 0 Å². The minimum Gasteiger partial charge on any atom is -0.497 e. The van der Waals surface area contributed by atoms with Crippen molar-refractivity contribution in [2.45, 2.75) is 25.7 Å². The highest BCUT2D eigenvalue weighted by Crippen LogP contribution is 2.41. The van der Waals surface area contributed by atoms with Crippen LogP contribution in [0.5, 0.6) is 11.5 Å². The Morgan fingerprint density at radius 1 is 0.724 bits per heavy atom. The normalized spacial score (nSPS) is 11.2. The summed E-state index contributed by atoms with van der Waals surface area (Å²) >= 11 is 0. The van der Waals surface area contributed by atoms with Crippen molar-refractivity contribution in [2.24, 2.45) is 0 Å². The zero-order valence-corrected chi connectivity index (χ0v) is 18.1. The van der Waals surface area contributed by atoms with E-state index in [0.717, 1.165) is 16.7 Å². The molecule has 0 amide bonds. The first-order chi connectivity index (χ1) is 13.8. The van der Waals surface area contributed by atoms with Gasteiger partial charge in [-0.15, -0.1) is 0 Å². The summed E-state index contributed by atoms with van der Waals surface area (Å²) in [4.78, 5) is 0.210. The largest absolute Gasteiger partial charge is 0.497 e. The Morgan fingerprint density at radius 3 is 2.00 bits per heavy atom. The molecular weight excluding hydrogens is 386 g/mol. The Labute approximate surface area is 172 Å². The topological polar surface area (TPSA) is 55.8 Å². The number of methoxy groups -OCH3 is 2. The second-order valence-electron chi connectivity index (χ2n) is 6.91. The summed E-state index contributed by atoms with van der Waals surface area (Å²) in [6.45, 7) is 5.75. The van der Waals surface area contributed by atoms with Gasteiger partial charge >= 0.3 is 0 Å². The van der Waals surface area contributed by atoms with E-state index in [-0.39, 0.29) is 4.90 Å². The predicted octanol–water partition coefficient (Wildman–Crippen LogP) is 5.16. The highest BCUT2D eigenvalue weighted by molar-refractivity contribution is 7.93. The predicted molar refractivity (Wildman–Crippen MR) is 116 cm³/mol. The summed E-state index contributed by atoms with van der Waals surface area (Å²) in [6.07, 6.45) is 0. The average Bonchev–Trinajstić information content (AvgIpc) is 2.71. The maximum absolute atomic E-state index is 13.8. The summed E-state index contributed by atoms with van der Waals surface area (Å²) in [6, 6.07) is 17.7. The van der Waals surface area contributed by atoms with Crippen LogP contribution in [0.15, 0.2) is 65.6 Å². The lowest BCUT2D eigenvalue weighted by molar-refractivity contribution is 0.395. The third kappa shape index (κ3) is 4.07. The number of ether oxygens (including phenoxy) is 2. The van der Waals surface area contributed by atoms with Crippen molar-refractivity contribution in [3.05, 3.63) is 77.4 Å². The van der Waals surface area contributed by atoms with Gasteiger partial charge in [-0.3, -0.25) is 0 Å². The monoisotopic (exact) mass is 411 g/mol. The van der Waals surface area contributed by atoms with Gasteiger partial charge in [0.25, 0.3) is 10.0 Å². The fourth-order valence-electron chi connectivity index (χ4n) is 3.10. The second kappa shape index (κ2) is 8.17. The number of sulfonamides is 1. The first-order valence-corrected chi connectivity index (χ1v) is 10.6. The average molecular weight is 412 g/mol. The Bertz CT molecular complexity index is 1120. The minimum atomic E-state index is -3.90. The van der Waals surface area contributed by atoms with Crippen LogP contribution in [0.1, 0.15) is 16.7 Å².